The third kappa shape index (κ3) is 3.44. The van der Waals surface area contributed by atoms with Gasteiger partial charge in [0.25, 0.3) is 0 Å². The van der Waals surface area contributed by atoms with Gasteiger partial charge in [0.15, 0.2) is 0 Å². The van der Waals surface area contributed by atoms with E-state index in [2.05, 4.69) is 0 Å². The van der Waals surface area contributed by atoms with Crippen LogP contribution in [0.1, 0.15) is 64.2 Å². The highest BCUT2D eigenvalue weighted by Crippen LogP contribution is 2.40. The zero-order valence-corrected chi connectivity index (χ0v) is 14.0. The van der Waals surface area contributed by atoms with Gasteiger partial charge in [-0.1, -0.05) is 44.9 Å². The molecule has 3 atom stereocenters. The largest absolute Gasteiger partial charge is 0.480 e. The predicted molar refractivity (Wildman–Crippen MR) is 87.7 cm³/mol. The van der Waals surface area contributed by atoms with Crippen LogP contribution in [-0.4, -0.2) is 39.1 Å². The van der Waals surface area contributed by atoms with Gasteiger partial charge in [0.05, 0.1) is 5.37 Å². The molecule has 3 unspecified atom stereocenters. The molecule has 2 heterocycles. The number of nitrogens with zero attached hydrogens (tertiary/aromatic N) is 1. The van der Waals surface area contributed by atoms with Gasteiger partial charge in [-0.25, -0.2) is 4.79 Å². The summed E-state index contributed by atoms with van der Waals surface area (Å²) in [7, 11) is 0. The van der Waals surface area contributed by atoms with Gasteiger partial charge in [-0.3, -0.25) is 4.79 Å². The van der Waals surface area contributed by atoms with Gasteiger partial charge >= 0.3 is 5.97 Å². The summed E-state index contributed by atoms with van der Waals surface area (Å²) >= 11 is 1.64. The lowest BCUT2D eigenvalue weighted by molar-refractivity contribution is -0.153. The summed E-state index contributed by atoms with van der Waals surface area (Å²) in [6.45, 7) is 0. The summed E-state index contributed by atoms with van der Waals surface area (Å²) in [5.74, 6) is 0.763. The second-order valence-corrected chi connectivity index (χ2v) is 8.31. The quantitative estimate of drug-likeness (QED) is 0.840. The van der Waals surface area contributed by atoms with Crippen LogP contribution in [0, 0.1) is 11.8 Å². The molecule has 0 aromatic heterocycles. The number of carbonyl (C=O) groups excluding carboxylic acids is 1. The normalized spacial score (nSPS) is 33.0. The Balaban J connectivity index is 1.49. The van der Waals surface area contributed by atoms with Crippen molar-refractivity contribution in [2.75, 3.05) is 5.75 Å². The lowest BCUT2D eigenvalue weighted by Gasteiger charge is -2.36. The van der Waals surface area contributed by atoms with Crippen LogP contribution in [0.4, 0.5) is 0 Å². The van der Waals surface area contributed by atoms with Gasteiger partial charge in [-0.05, 0) is 25.2 Å². The van der Waals surface area contributed by atoms with Crippen LogP contribution in [-0.2, 0) is 9.59 Å². The van der Waals surface area contributed by atoms with Crippen LogP contribution in [0.3, 0.4) is 0 Å². The van der Waals surface area contributed by atoms with Crippen molar-refractivity contribution in [1.29, 1.82) is 0 Å². The highest BCUT2D eigenvalue weighted by Gasteiger charge is 2.46. The number of piperidine rings is 1. The van der Waals surface area contributed by atoms with E-state index < -0.39 is 12.0 Å². The first-order chi connectivity index (χ1) is 10.7. The molecule has 0 aromatic rings. The fourth-order valence-corrected chi connectivity index (χ4v) is 5.77. The summed E-state index contributed by atoms with van der Waals surface area (Å²) in [6, 6.07) is -0.594. The molecule has 1 amide bonds. The number of fused-ring (bicyclic) bond motifs is 1. The third-order valence-corrected chi connectivity index (χ3v) is 6.99. The first-order valence-electron chi connectivity index (χ1n) is 8.83. The molecule has 3 fully saturated rings. The minimum atomic E-state index is -0.841. The van der Waals surface area contributed by atoms with Crippen LogP contribution in [0.15, 0.2) is 0 Å². The van der Waals surface area contributed by atoms with Gasteiger partial charge in [0, 0.05) is 11.7 Å². The first-order valence-corrected chi connectivity index (χ1v) is 9.88. The molecule has 22 heavy (non-hydrogen) atoms. The maximum absolute atomic E-state index is 12.7. The topological polar surface area (TPSA) is 57.6 Å². The van der Waals surface area contributed by atoms with E-state index in [-0.39, 0.29) is 17.2 Å². The van der Waals surface area contributed by atoms with E-state index in [0.717, 1.165) is 31.6 Å². The number of hydrogen-bond acceptors (Lipinski definition) is 3. The Morgan fingerprint density at radius 3 is 2.64 bits per heavy atom. The Morgan fingerprint density at radius 2 is 1.91 bits per heavy atom. The van der Waals surface area contributed by atoms with Crippen molar-refractivity contribution in [3.05, 3.63) is 0 Å². The molecule has 2 saturated heterocycles. The van der Waals surface area contributed by atoms with Crippen molar-refractivity contribution in [1.82, 2.24) is 4.90 Å². The van der Waals surface area contributed by atoms with Crippen molar-refractivity contribution < 1.29 is 14.7 Å². The fraction of sp³-hybridized carbons (Fsp3) is 0.882. The van der Waals surface area contributed by atoms with E-state index in [4.69, 9.17) is 0 Å². The number of thioether (sulfide) groups is 1. The molecule has 0 spiro atoms. The van der Waals surface area contributed by atoms with Crippen molar-refractivity contribution in [2.24, 2.45) is 11.8 Å². The van der Waals surface area contributed by atoms with Crippen molar-refractivity contribution in [2.45, 2.75) is 75.6 Å². The standard InChI is InChI=1S/C17H27NO3S/c19-16-13(8-4-7-12-5-2-1-3-6-12)9-10-15-18(16)14(11-22-15)17(20)21/h12-15H,1-11H2,(H,20,21). The smallest absolute Gasteiger partial charge is 0.327 e. The molecule has 1 saturated carbocycles. The molecule has 0 aromatic carbocycles. The van der Waals surface area contributed by atoms with E-state index in [1.807, 2.05) is 0 Å². The van der Waals surface area contributed by atoms with Crippen LogP contribution >= 0.6 is 11.8 Å². The molecule has 1 N–H and O–H groups in total. The van der Waals surface area contributed by atoms with Gasteiger partial charge in [-0.2, -0.15) is 0 Å². The van der Waals surface area contributed by atoms with E-state index in [9.17, 15) is 14.7 Å². The van der Waals surface area contributed by atoms with E-state index in [0.29, 0.717) is 5.75 Å². The Bertz CT molecular complexity index is 422. The second kappa shape index (κ2) is 7.24. The van der Waals surface area contributed by atoms with E-state index in [1.54, 1.807) is 16.7 Å². The number of carboxylic acids is 1. The van der Waals surface area contributed by atoms with E-state index >= 15 is 0 Å². The van der Waals surface area contributed by atoms with Crippen molar-refractivity contribution >= 4 is 23.6 Å². The lowest BCUT2D eigenvalue weighted by Crippen LogP contribution is -2.50. The van der Waals surface area contributed by atoms with Crippen molar-refractivity contribution in [3.8, 4) is 0 Å². The number of carbonyl (C=O) groups is 2. The zero-order chi connectivity index (χ0) is 15.5. The molecule has 0 radical (unpaired) electrons. The molecular weight excluding hydrogens is 298 g/mol. The van der Waals surface area contributed by atoms with E-state index in [1.165, 1.54) is 38.5 Å². The van der Waals surface area contributed by atoms with Crippen LogP contribution in [0.2, 0.25) is 0 Å². The van der Waals surface area contributed by atoms with Gasteiger partial charge in [-0.15, -0.1) is 11.8 Å². The molecule has 0 bridgehead atoms. The highest BCUT2D eigenvalue weighted by atomic mass is 32.2. The Hall–Kier alpha value is -0.710. The summed E-state index contributed by atoms with van der Waals surface area (Å²) in [5, 5.41) is 9.41. The molecule has 1 aliphatic carbocycles. The SMILES string of the molecule is O=C(O)C1CSC2CCC(CCCC3CCCCC3)C(=O)N21. The second-order valence-electron chi connectivity index (χ2n) is 7.10. The minimum absolute atomic E-state index is 0.0698. The third-order valence-electron chi connectivity index (χ3n) is 5.63. The van der Waals surface area contributed by atoms with Gasteiger partial charge in [0.2, 0.25) is 5.91 Å². The average molecular weight is 325 g/mol. The Labute approximate surface area is 137 Å². The molecule has 3 aliphatic rings. The fourth-order valence-electron chi connectivity index (χ4n) is 4.35. The lowest BCUT2D eigenvalue weighted by atomic mass is 9.83. The van der Waals surface area contributed by atoms with Gasteiger partial charge in [0.1, 0.15) is 6.04 Å². The number of hydrogen-bond donors (Lipinski definition) is 1. The number of amides is 1. The molecule has 5 heteroatoms. The number of rotatable bonds is 5. The monoisotopic (exact) mass is 325 g/mol. The maximum Gasteiger partial charge on any atom is 0.327 e. The molecule has 3 rings (SSSR count). The number of carboxylic acid groups (broad SMARTS) is 1. The molecular formula is C17H27NO3S. The number of aliphatic carboxylic acids is 1. The van der Waals surface area contributed by atoms with Crippen LogP contribution in [0.5, 0.6) is 0 Å². The Morgan fingerprint density at radius 1 is 1.14 bits per heavy atom. The van der Waals surface area contributed by atoms with Gasteiger partial charge < -0.3 is 10.0 Å². The van der Waals surface area contributed by atoms with Crippen LogP contribution < -0.4 is 0 Å². The molecule has 2 aliphatic heterocycles. The first kappa shape index (κ1) is 16.2. The summed E-state index contributed by atoms with van der Waals surface area (Å²) < 4.78 is 0. The summed E-state index contributed by atoms with van der Waals surface area (Å²) in [5.41, 5.74) is 0. The molecule has 4 nitrogen and oxygen atoms in total. The summed E-state index contributed by atoms with van der Waals surface area (Å²) in [6.07, 6.45) is 12.1. The Kier molecular flexibility index (Phi) is 5.32. The van der Waals surface area contributed by atoms with Crippen molar-refractivity contribution in [3.63, 3.8) is 0 Å². The zero-order valence-electron chi connectivity index (χ0n) is 13.2. The summed E-state index contributed by atoms with van der Waals surface area (Å²) in [4.78, 5) is 25.7. The minimum Gasteiger partial charge on any atom is -0.480 e. The highest BCUT2D eigenvalue weighted by molar-refractivity contribution is 8.00. The predicted octanol–water partition coefficient (Wildman–Crippen LogP) is 3.50. The molecule has 124 valence electrons. The maximum atomic E-state index is 12.7. The van der Waals surface area contributed by atoms with Crippen LogP contribution in [0.25, 0.3) is 0 Å². The average Bonchev–Trinajstić information content (AvgIpc) is 2.96.